The Kier molecular flexibility index (Phi) is 7.27. The lowest BCUT2D eigenvalue weighted by atomic mass is 10.1. The fourth-order valence-corrected chi connectivity index (χ4v) is 11.6. The molecule has 0 amide bonds. The summed E-state index contributed by atoms with van der Waals surface area (Å²) >= 11 is 0. The van der Waals surface area contributed by atoms with Crippen LogP contribution in [0, 0.1) is 23.7 Å². The van der Waals surface area contributed by atoms with Gasteiger partial charge in [0.05, 0.1) is 11.1 Å². The second-order valence-corrected chi connectivity index (χ2v) is 14.8. The topological polar surface area (TPSA) is 4.93 Å². The van der Waals surface area contributed by atoms with Crippen molar-refractivity contribution in [1.29, 1.82) is 0 Å². The number of aromatic nitrogens is 1. The van der Waals surface area contributed by atoms with Gasteiger partial charge in [0.25, 0.3) is 0 Å². The molecule has 0 N–H and O–H groups in total. The highest BCUT2D eigenvalue weighted by molar-refractivity contribution is 6.82. The van der Waals surface area contributed by atoms with Gasteiger partial charge in [0, 0.05) is 23.5 Å². The van der Waals surface area contributed by atoms with Gasteiger partial charge in [0.15, 0.2) is 8.24 Å². The van der Waals surface area contributed by atoms with Gasteiger partial charge in [-0.2, -0.15) is 0 Å². The van der Waals surface area contributed by atoms with E-state index in [9.17, 15) is 0 Å². The minimum atomic E-state index is -1.85. The minimum absolute atomic E-state index is 0.616. The van der Waals surface area contributed by atoms with Crippen LogP contribution in [0.15, 0.2) is 73.1 Å². The average Bonchev–Trinajstić information content (AvgIpc) is 3.15. The largest absolute Gasteiger partial charge is 0.377 e. The normalized spacial score (nSPS) is 11.3. The molecule has 0 saturated heterocycles. The first kappa shape index (κ1) is 22.7. The fourth-order valence-electron chi connectivity index (χ4n) is 5.09. The predicted octanol–water partition coefficient (Wildman–Crippen LogP) is 7.31. The molecule has 0 aliphatic carbocycles. The number of hydrogen-bond donors (Lipinski definition) is 0. The van der Waals surface area contributed by atoms with E-state index < -0.39 is 8.24 Å². The molecule has 2 heteroatoms. The van der Waals surface area contributed by atoms with E-state index >= 15 is 0 Å². The van der Waals surface area contributed by atoms with Crippen molar-refractivity contribution in [2.24, 2.45) is 0 Å². The van der Waals surface area contributed by atoms with Crippen LogP contribution in [0.2, 0.25) is 16.6 Å². The van der Waals surface area contributed by atoms with Crippen molar-refractivity contribution in [2.45, 2.75) is 58.2 Å². The van der Waals surface area contributed by atoms with E-state index in [0.717, 1.165) is 22.3 Å². The van der Waals surface area contributed by atoms with Crippen molar-refractivity contribution in [2.75, 3.05) is 0 Å². The second kappa shape index (κ2) is 9.91. The first-order valence-electron chi connectivity index (χ1n) is 11.2. The summed E-state index contributed by atoms with van der Waals surface area (Å²) in [5.41, 5.74) is 5.94. The molecule has 2 aromatic carbocycles. The second-order valence-electron chi connectivity index (χ2n) is 9.08. The number of benzene rings is 2. The Morgan fingerprint density at radius 3 is 1.23 bits per heavy atom. The summed E-state index contributed by atoms with van der Waals surface area (Å²) in [7, 11) is -1.85. The number of hydrogen-bond acceptors (Lipinski definition) is 0. The van der Waals surface area contributed by atoms with Gasteiger partial charge in [0.2, 0.25) is 0 Å². The van der Waals surface area contributed by atoms with Crippen LogP contribution in [0.4, 0.5) is 0 Å². The summed E-state index contributed by atoms with van der Waals surface area (Å²) < 4.78 is 2.54. The summed E-state index contributed by atoms with van der Waals surface area (Å²) in [6.45, 7) is 14.3. The van der Waals surface area contributed by atoms with E-state index in [1.807, 2.05) is 36.4 Å². The van der Waals surface area contributed by atoms with E-state index in [1.165, 1.54) is 0 Å². The third kappa shape index (κ3) is 4.87. The molecule has 0 bridgehead atoms. The maximum Gasteiger partial charge on any atom is 0.168 e. The monoisotopic (exact) mass is 423 g/mol. The molecule has 158 valence electrons. The molecule has 0 atom stereocenters. The molecule has 0 aliphatic heterocycles. The number of rotatable bonds is 4. The fraction of sp³-hybridized carbons (Fsp3) is 0.310. The SMILES string of the molecule is CC(C)[Si](C(C)C)(C(C)C)n1cc(C#Cc2ccccc2)c(C#Cc2ccccc2)c1. The first-order valence-corrected chi connectivity index (χ1v) is 13.4. The van der Waals surface area contributed by atoms with E-state index in [-0.39, 0.29) is 0 Å². The molecule has 0 saturated carbocycles. The van der Waals surface area contributed by atoms with Gasteiger partial charge in [-0.15, -0.1) is 0 Å². The highest BCUT2D eigenvalue weighted by Crippen LogP contribution is 2.43. The summed E-state index contributed by atoms with van der Waals surface area (Å²) in [4.78, 5) is 0. The molecule has 0 unspecified atom stereocenters. The zero-order chi connectivity index (χ0) is 22.4. The molecular weight excluding hydrogens is 390 g/mol. The van der Waals surface area contributed by atoms with Crippen LogP contribution in [0.3, 0.4) is 0 Å². The molecule has 1 aromatic heterocycles. The van der Waals surface area contributed by atoms with Crippen molar-refractivity contribution >= 4 is 8.24 Å². The van der Waals surface area contributed by atoms with Crippen molar-refractivity contribution in [1.82, 2.24) is 4.23 Å². The Balaban J connectivity index is 2.16. The Morgan fingerprint density at radius 2 is 0.903 bits per heavy atom. The predicted molar refractivity (Wildman–Crippen MR) is 136 cm³/mol. The lowest BCUT2D eigenvalue weighted by molar-refractivity contribution is 0.765. The van der Waals surface area contributed by atoms with E-state index in [0.29, 0.717) is 16.6 Å². The van der Waals surface area contributed by atoms with Crippen molar-refractivity contribution in [3.8, 4) is 23.7 Å². The number of nitrogens with zero attached hydrogens (tertiary/aromatic N) is 1. The quantitative estimate of drug-likeness (QED) is 0.306. The van der Waals surface area contributed by atoms with Gasteiger partial charge in [-0.3, -0.25) is 0 Å². The van der Waals surface area contributed by atoms with Gasteiger partial charge in [-0.05, 0) is 40.9 Å². The summed E-state index contributed by atoms with van der Waals surface area (Å²) in [6.07, 6.45) is 4.55. The molecule has 0 radical (unpaired) electrons. The highest BCUT2D eigenvalue weighted by atomic mass is 28.3. The standard InChI is InChI=1S/C29H33NSi/c1-23(2)31(24(3)4,25(5)6)30-21-28(19-17-26-13-9-7-10-14-26)29(22-30)20-18-27-15-11-8-12-16-27/h7-16,21-25H,1-6H3. The Morgan fingerprint density at radius 1 is 0.548 bits per heavy atom. The summed E-state index contributed by atoms with van der Waals surface area (Å²) in [5.74, 6) is 13.5. The third-order valence-corrected chi connectivity index (χ3v) is 13.0. The van der Waals surface area contributed by atoms with E-state index in [1.54, 1.807) is 0 Å². The Hall–Kier alpha value is -2.94. The molecule has 0 fully saturated rings. The molecule has 3 rings (SSSR count). The maximum absolute atomic E-state index is 3.42. The molecular formula is C29H33NSi. The van der Waals surface area contributed by atoms with Crippen molar-refractivity contribution in [3.63, 3.8) is 0 Å². The van der Waals surface area contributed by atoms with Crippen molar-refractivity contribution < 1.29 is 0 Å². The van der Waals surface area contributed by atoms with Crippen LogP contribution in [0.25, 0.3) is 0 Å². The van der Waals surface area contributed by atoms with Gasteiger partial charge in [0.1, 0.15) is 0 Å². The lowest BCUT2D eigenvalue weighted by Gasteiger charge is -2.44. The van der Waals surface area contributed by atoms with Gasteiger partial charge >= 0.3 is 0 Å². The van der Waals surface area contributed by atoms with E-state index in [4.69, 9.17) is 0 Å². The maximum atomic E-state index is 3.42. The zero-order valence-electron chi connectivity index (χ0n) is 19.6. The zero-order valence-corrected chi connectivity index (χ0v) is 20.6. The van der Waals surface area contributed by atoms with Crippen LogP contribution < -0.4 is 0 Å². The molecule has 1 nitrogen and oxygen atoms in total. The van der Waals surface area contributed by atoms with Crippen LogP contribution in [-0.2, 0) is 0 Å². The highest BCUT2D eigenvalue weighted by Gasteiger charge is 2.45. The van der Waals surface area contributed by atoms with Gasteiger partial charge < -0.3 is 4.23 Å². The Bertz CT molecular complexity index is 1020. The molecule has 1 heterocycles. The third-order valence-electron chi connectivity index (χ3n) is 6.28. The molecule has 31 heavy (non-hydrogen) atoms. The molecule has 0 spiro atoms. The van der Waals surface area contributed by atoms with Crippen LogP contribution in [0.1, 0.15) is 63.8 Å². The van der Waals surface area contributed by atoms with Crippen LogP contribution >= 0.6 is 0 Å². The van der Waals surface area contributed by atoms with E-state index in [2.05, 4.69) is 106 Å². The Labute approximate surface area is 189 Å². The van der Waals surface area contributed by atoms with Gasteiger partial charge in [-0.25, -0.2) is 0 Å². The van der Waals surface area contributed by atoms with Crippen LogP contribution in [0.5, 0.6) is 0 Å². The van der Waals surface area contributed by atoms with Gasteiger partial charge in [-0.1, -0.05) is 102 Å². The smallest absolute Gasteiger partial charge is 0.168 e. The molecule has 3 aromatic rings. The first-order chi connectivity index (χ1) is 14.9. The summed E-state index contributed by atoms with van der Waals surface area (Å²) in [5, 5.41) is 0. The van der Waals surface area contributed by atoms with Crippen LogP contribution in [-0.4, -0.2) is 12.5 Å². The minimum Gasteiger partial charge on any atom is -0.377 e. The van der Waals surface area contributed by atoms with Crippen molar-refractivity contribution in [3.05, 3.63) is 95.3 Å². The lowest BCUT2D eigenvalue weighted by Crippen LogP contribution is -2.51. The average molecular weight is 424 g/mol. The molecule has 0 aliphatic rings. The summed E-state index contributed by atoms with van der Waals surface area (Å²) in [6, 6.07) is 20.4.